The Morgan fingerprint density at radius 3 is 2.80 bits per heavy atom. The van der Waals surface area contributed by atoms with Crippen molar-refractivity contribution >= 4 is 10.9 Å². The van der Waals surface area contributed by atoms with Crippen molar-refractivity contribution in [1.82, 2.24) is 4.98 Å². The third-order valence-corrected chi connectivity index (χ3v) is 2.79. The molecule has 0 aliphatic carbocycles. The number of hydrogen-bond donors (Lipinski definition) is 0. The van der Waals surface area contributed by atoms with Gasteiger partial charge in [-0.3, -0.25) is 4.98 Å². The molecule has 0 aliphatic heterocycles. The second-order valence-corrected chi connectivity index (χ2v) is 4.05. The fourth-order valence-corrected chi connectivity index (χ4v) is 1.86. The molecule has 0 bridgehead atoms. The van der Waals surface area contributed by atoms with Gasteiger partial charge in [-0.05, 0) is 37.5 Å². The molecule has 1 nitrogen and oxygen atoms in total. The van der Waals surface area contributed by atoms with Crippen LogP contribution in [-0.4, -0.2) is 4.98 Å². The van der Waals surface area contributed by atoms with E-state index >= 15 is 0 Å². The lowest BCUT2D eigenvalue weighted by atomic mass is 10.1. The van der Waals surface area contributed by atoms with Gasteiger partial charge in [0, 0.05) is 11.1 Å². The Kier molecular flexibility index (Phi) is 3.00. The molecule has 0 unspecified atom stereocenters. The fraction of sp³-hybridized carbons (Fsp3) is 0.357. The smallest absolute Gasteiger partial charge is 0.0705 e. The zero-order valence-electron chi connectivity index (χ0n) is 9.46. The van der Waals surface area contributed by atoms with E-state index in [1.807, 2.05) is 6.07 Å². The molecule has 0 fully saturated rings. The Labute approximate surface area is 91.2 Å². The van der Waals surface area contributed by atoms with Gasteiger partial charge in [-0.25, -0.2) is 0 Å². The predicted octanol–water partition coefficient (Wildman–Crippen LogP) is 3.89. The van der Waals surface area contributed by atoms with Crippen LogP contribution in [0.25, 0.3) is 10.9 Å². The largest absolute Gasteiger partial charge is 0.253 e. The molecular formula is C14H17N. The molecule has 2 rings (SSSR count). The highest BCUT2D eigenvalue weighted by Gasteiger charge is 2.02. The maximum absolute atomic E-state index is 4.71. The van der Waals surface area contributed by atoms with Crippen molar-refractivity contribution in [1.29, 1.82) is 0 Å². The lowest BCUT2D eigenvalue weighted by molar-refractivity contribution is 0.775. The zero-order chi connectivity index (χ0) is 10.7. The molecule has 0 atom stereocenters. The molecule has 1 aromatic heterocycles. The van der Waals surface area contributed by atoms with Crippen LogP contribution in [0.1, 0.15) is 31.0 Å². The minimum absolute atomic E-state index is 1.10. The summed E-state index contributed by atoms with van der Waals surface area (Å²) in [7, 11) is 0. The van der Waals surface area contributed by atoms with E-state index < -0.39 is 0 Å². The number of nitrogens with zero attached hydrogens (tertiary/aromatic N) is 1. The van der Waals surface area contributed by atoms with E-state index in [4.69, 9.17) is 4.98 Å². The summed E-state index contributed by atoms with van der Waals surface area (Å²) in [5.74, 6) is 0. The van der Waals surface area contributed by atoms with Crippen LogP contribution in [0.15, 0.2) is 30.3 Å². The number of fused-ring (bicyclic) bond motifs is 1. The predicted molar refractivity (Wildman–Crippen MR) is 65.1 cm³/mol. The van der Waals surface area contributed by atoms with Crippen LogP contribution in [0.2, 0.25) is 0 Å². The summed E-state index contributed by atoms with van der Waals surface area (Å²) in [6, 6.07) is 10.6. The van der Waals surface area contributed by atoms with Gasteiger partial charge in [0.15, 0.2) is 0 Å². The van der Waals surface area contributed by atoms with Crippen LogP contribution >= 0.6 is 0 Å². The van der Waals surface area contributed by atoms with E-state index in [-0.39, 0.29) is 0 Å². The highest BCUT2D eigenvalue weighted by Crippen LogP contribution is 2.17. The molecule has 0 spiro atoms. The number of aryl methyl sites for hydroxylation is 2. The summed E-state index contributed by atoms with van der Waals surface area (Å²) in [4.78, 5) is 4.71. The number of para-hydroxylation sites is 1. The monoisotopic (exact) mass is 199 g/mol. The van der Waals surface area contributed by atoms with E-state index in [1.54, 1.807) is 0 Å². The Bertz CT molecular complexity index is 460. The van der Waals surface area contributed by atoms with Crippen molar-refractivity contribution < 1.29 is 0 Å². The SMILES string of the molecule is CCCCc1nc2ccccc2cc1C. The Morgan fingerprint density at radius 2 is 2.00 bits per heavy atom. The van der Waals surface area contributed by atoms with Crippen molar-refractivity contribution in [2.75, 3.05) is 0 Å². The summed E-state index contributed by atoms with van der Waals surface area (Å²) >= 11 is 0. The van der Waals surface area contributed by atoms with Gasteiger partial charge in [-0.1, -0.05) is 31.5 Å². The van der Waals surface area contributed by atoms with Gasteiger partial charge in [-0.15, -0.1) is 0 Å². The Balaban J connectivity index is 2.43. The summed E-state index contributed by atoms with van der Waals surface area (Å²) in [6.45, 7) is 4.38. The minimum atomic E-state index is 1.10. The first-order valence-corrected chi connectivity index (χ1v) is 5.66. The first-order chi connectivity index (χ1) is 7.31. The normalized spacial score (nSPS) is 10.8. The maximum atomic E-state index is 4.71. The van der Waals surface area contributed by atoms with Crippen LogP contribution in [0.5, 0.6) is 0 Å². The van der Waals surface area contributed by atoms with Crippen molar-refractivity contribution in [3.63, 3.8) is 0 Å². The Morgan fingerprint density at radius 1 is 1.20 bits per heavy atom. The van der Waals surface area contributed by atoms with Crippen molar-refractivity contribution in [2.24, 2.45) is 0 Å². The van der Waals surface area contributed by atoms with Gasteiger partial charge in [0.2, 0.25) is 0 Å². The average molecular weight is 199 g/mol. The minimum Gasteiger partial charge on any atom is -0.253 e. The molecule has 1 heteroatoms. The van der Waals surface area contributed by atoms with E-state index in [0.717, 1.165) is 11.9 Å². The molecule has 78 valence electrons. The summed E-state index contributed by atoms with van der Waals surface area (Å²) in [5, 5.41) is 1.25. The quantitative estimate of drug-likeness (QED) is 0.731. The second-order valence-electron chi connectivity index (χ2n) is 4.05. The van der Waals surface area contributed by atoms with Crippen LogP contribution in [-0.2, 0) is 6.42 Å². The summed E-state index contributed by atoms with van der Waals surface area (Å²) in [5.41, 5.74) is 3.70. The van der Waals surface area contributed by atoms with Crippen LogP contribution in [0.4, 0.5) is 0 Å². The number of benzene rings is 1. The fourth-order valence-electron chi connectivity index (χ4n) is 1.86. The van der Waals surface area contributed by atoms with E-state index in [1.165, 1.54) is 29.5 Å². The number of hydrogen-bond acceptors (Lipinski definition) is 1. The maximum Gasteiger partial charge on any atom is 0.0705 e. The number of rotatable bonds is 3. The second kappa shape index (κ2) is 4.43. The highest BCUT2D eigenvalue weighted by molar-refractivity contribution is 5.79. The van der Waals surface area contributed by atoms with E-state index in [9.17, 15) is 0 Å². The van der Waals surface area contributed by atoms with Crippen molar-refractivity contribution in [3.05, 3.63) is 41.6 Å². The molecule has 1 heterocycles. The molecule has 0 aliphatic rings. The number of pyridine rings is 1. The lowest BCUT2D eigenvalue weighted by Crippen LogP contribution is -1.94. The number of aromatic nitrogens is 1. The molecule has 0 amide bonds. The number of unbranched alkanes of at least 4 members (excludes halogenated alkanes) is 1. The standard InChI is InChI=1S/C14H17N/c1-3-4-8-13-11(2)10-12-7-5-6-9-14(12)15-13/h5-7,9-10H,3-4,8H2,1-2H3. The van der Waals surface area contributed by atoms with Gasteiger partial charge in [0.1, 0.15) is 0 Å². The van der Waals surface area contributed by atoms with Gasteiger partial charge in [-0.2, -0.15) is 0 Å². The first kappa shape index (κ1) is 10.2. The van der Waals surface area contributed by atoms with Gasteiger partial charge < -0.3 is 0 Å². The third kappa shape index (κ3) is 2.17. The molecule has 0 saturated heterocycles. The molecule has 0 N–H and O–H groups in total. The lowest BCUT2D eigenvalue weighted by Gasteiger charge is -2.06. The molecule has 0 saturated carbocycles. The first-order valence-electron chi connectivity index (χ1n) is 5.66. The van der Waals surface area contributed by atoms with Crippen LogP contribution < -0.4 is 0 Å². The zero-order valence-corrected chi connectivity index (χ0v) is 9.46. The molecule has 2 aromatic rings. The van der Waals surface area contributed by atoms with E-state index in [2.05, 4.69) is 38.1 Å². The average Bonchev–Trinajstić information content (AvgIpc) is 2.26. The van der Waals surface area contributed by atoms with Crippen LogP contribution in [0, 0.1) is 6.92 Å². The van der Waals surface area contributed by atoms with Crippen molar-refractivity contribution in [2.45, 2.75) is 33.1 Å². The van der Waals surface area contributed by atoms with Crippen LogP contribution in [0.3, 0.4) is 0 Å². The molecule has 1 aromatic carbocycles. The molecular weight excluding hydrogens is 182 g/mol. The summed E-state index contributed by atoms with van der Waals surface area (Å²) in [6.07, 6.45) is 3.56. The van der Waals surface area contributed by atoms with Gasteiger partial charge in [0.05, 0.1) is 5.52 Å². The molecule has 0 radical (unpaired) electrons. The van der Waals surface area contributed by atoms with Gasteiger partial charge in [0.25, 0.3) is 0 Å². The van der Waals surface area contributed by atoms with Crippen molar-refractivity contribution in [3.8, 4) is 0 Å². The highest BCUT2D eigenvalue weighted by atomic mass is 14.7. The van der Waals surface area contributed by atoms with Gasteiger partial charge >= 0.3 is 0 Å². The summed E-state index contributed by atoms with van der Waals surface area (Å²) < 4.78 is 0. The topological polar surface area (TPSA) is 12.9 Å². The molecule has 15 heavy (non-hydrogen) atoms. The Hall–Kier alpha value is -1.37. The van der Waals surface area contributed by atoms with E-state index in [0.29, 0.717) is 0 Å². The third-order valence-electron chi connectivity index (χ3n) is 2.79.